The largest absolute Gasteiger partial charge is 0.481 e. The maximum Gasteiger partial charge on any atom is 0.300 e. The van der Waals surface area contributed by atoms with E-state index < -0.39 is 5.97 Å². The lowest BCUT2D eigenvalue weighted by Gasteiger charge is -1.76. The van der Waals surface area contributed by atoms with Crippen LogP contribution in [0.5, 0.6) is 0 Å². The Bertz CT molecular complexity index is 102. The number of carboxylic acids is 1. The van der Waals surface area contributed by atoms with Crippen molar-refractivity contribution in [3.8, 4) is 0 Å². The van der Waals surface area contributed by atoms with Gasteiger partial charge in [-0.25, -0.2) is 0 Å². The first-order valence-corrected chi connectivity index (χ1v) is 1.99. The predicted octanol–water partition coefficient (Wildman–Crippen LogP) is -1.78. The van der Waals surface area contributed by atoms with E-state index in [1.807, 2.05) is 0 Å². The van der Waals surface area contributed by atoms with Crippen LogP contribution in [0, 0.1) is 0 Å². The summed E-state index contributed by atoms with van der Waals surface area (Å²) in [6, 6.07) is 0. The summed E-state index contributed by atoms with van der Waals surface area (Å²) < 4.78 is 0. The van der Waals surface area contributed by atoms with Crippen molar-refractivity contribution in [1.29, 1.82) is 0 Å². The third kappa shape index (κ3) is 462. The number of nitrogens with zero attached hydrogens (tertiary/aromatic N) is 1. The van der Waals surface area contributed by atoms with Crippen LogP contribution < -0.4 is 17.3 Å². The van der Waals surface area contributed by atoms with Crippen molar-refractivity contribution in [3.05, 3.63) is 0 Å². The summed E-state index contributed by atoms with van der Waals surface area (Å²) in [7, 11) is 0. The Morgan fingerprint density at radius 3 is 1.67 bits per heavy atom. The minimum Gasteiger partial charge on any atom is -0.481 e. The molecule has 0 fully saturated rings. The lowest BCUT2D eigenvalue weighted by molar-refractivity contribution is -0.134. The highest BCUT2D eigenvalue weighted by Gasteiger charge is 1.65. The van der Waals surface area contributed by atoms with E-state index >= 15 is 0 Å². The molecule has 0 saturated carbocycles. The summed E-state index contributed by atoms with van der Waals surface area (Å²) in [6.07, 6.45) is 0. The van der Waals surface area contributed by atoms with Crippen molar-refractivity contribution in [3.63, 3.8) is 0 Å². The first kappa shape index (κ1) is 10.5. The van der Waals surface area contributed by atoms with Crippen LogP contribution in [0.15, 0.2) is 5.10 Å². The Kier molecular flexibility index (Phi) is 7.64. The van der Waals surface area contributed by atoms with E-state index in [9.17, 15) is 0 Å². The van der Waals surface area contributed by atoms with E-state index in [-0.39, 0.29) is 5.96 Å². The Morgan fingerprint density at radius 2 is 1.67 bits per heavy atom. The summed E-state index contributed by atoms with van der Waals surface area (Å²) >= 11 is 0. The molecule has 0 aliphatic rings. The predicted molar refractivity (Wildman–Crippen MR) is 33.3 cm³/mol. The number of carbonyl (C=O) groups is 1. The molecule has 6 heteroatoms. The van der Waals surface area contributed by atoms with Gasteiger partial charge in [0.2, 0.25) is 5.96 Å². The van der Waals surface area contributed by atoms with Gasteiger partial charge in [0, 0.05) is 6.92 Å². The summed E-state index contributed by atoms with van der Waals surface area (Å²) in [5, 5.41) is 10.3. The topological polar surface area (TPSA) is 128 Å². The van der Waals surface area contributed by atoms with Crippen LogP contribution in [0.4, 0.5) is 0 Å². The van der Waals surface area contributed by atoms with E-state index in [0.717, 1.165) is 6.92 Å². The lowest BCUT2D eigenvalue weighted by atomic mass is 10.9. The molecule has 0 aromatic rings. The van der Waals surface area contributed by atoms with Crippen LogP contribution in [0.1, 0.15) is 6.92 Å². The van der Waals surface area contributed by atoms with Gasteiger partial charge in [-0.1, -0.05) is 0 Å². The Labute approximate surface area is 52.3 Å². The summed E-state index contributed by atoms with van der Waals surface area (Å²) in [4.78, 5) is 9.00. The molecule has 0 bridgehead atoms. The Balaban J connectivity index is 0. The molecule has 0 aromatic heterocycles. The second kappa shape index (κ2) is 6.54. The van der Waals surface area contributed by atoms with Gasteiger partial charge in [0.15, 0.2) is 0 Å². The van der Waals surface area contributed by atoms with Gasteiger partial charge in [-0.15, -0.1) is 5.10 Å². The normalized spacial score (nSPS) is 6.33. The molecule has 0 unspecified atom stereocenters. The fourth-order valence-corrected chi connectivity index (χ4v) is 0. The number of hydrazone groups is 1. The van der Waals surface area contributed by atoms with Gasteiger partial charge >= 0.3 is 0 Å². The van der Waals surface area contributed by atoms with Gasteiger partial charge in [0.05, 0.1) is 0 Å². The zero-order valence-electron chi connectivity index (χ0n) is 5.03. The second-order valence-electron chi connectivity index (χ2n) is 1.07. The van der Waals surface area contributed by atoms with Gasteiger partial charge in [0.25, 0.3) is 5.97 Å². The summed E-state index contributed by atoms with van der Waals surface area (Å²) in [5.74, 6) is 3.58. The fraction of sp³-hybridized carbons (Fsp3) is 0.333. The zero-order valence-corrected chi connectivity index (χ0v) is 5.03. The first-order valence-electron chi connectivity index (χ1n) is 1.99. The number of rotatable bonds is 0. The smallest absolute Gasteiger partial charge is 0.300 e. The molecule has 0 spiro atoms. The maximum atomic E-state index is 9.00. The Hall–Kier alpha value is -1.46. The molecule has 0 aliphatic heterocycles. The van der Waals surface area contributed by atoms with E-state index in [1.165, 1.54) is 0 Å². The molecule has 0 atom stereocenters. The monoisotopic (exact) mass is 134 g/mol. The number of hydrogen-bond donors (Lipinski definition) is 4. The van der Waals surface area contributed by atoms with Crippen molar-refractivity contribution in [2.75, 3.05) is 0 Å². The summed E-state index contributed by atoms with van der Waals surface area (Å²) in [6.45, 7) is 1.08. The van der Waals surface area contributed by atoms with E-state index in [0.29, 0.717) is 0 Å². The molecule has 9 heavy (non-hydrogen) atoms. The second-order valence-corrected chi connectivity index (χ2v) is 1.07. The van der Waals surface area contributed by atoms with Crippen LogP contribution >= 0.6 is 0 Å². The molecule has 0 rings (SSSR count). The third-order valence-electron chi connectivity index (χ3n) is 0.149. The minimum absolute atomic E-state index is 0.0926. The van der Waals surface area contributed by atoms with Crippen LogP contribution in [-0.2, 0) is 4.79 Å². The number of aliphatic carboxylic acids is 1. The molecule has 0 aliphatic carbocycles. The molecule has 0 saturated heterocycles. The van der Waals surface area contributed by atoms with Crippen molar-refractivity contribution in [1.82, 2.24) is 0 Å². The highest BCUT2D eigenvalue weighted by atomic mass is 16.4. The molecule has 0 heterocycles. The van der Waals surface area contributed by atoms with E-state index in [4.69, 9.17) is 21.4 Å². The lowest BCUT2D eigenvalue weighted by Crippen LogP contribution is -2.23. The zero-order chi connectivity index (χ0) is 7.86. The van der Waals surface area contributed by atoms with Crippen molar-refractivity contribution in [2.24, 2.45) is 22.4 Å². The van der Waals surface area contributed by atoms with Gasteiger partial charge in [-0.2, -0.15) is 0 Å². The first-order chi connectivity index (χ1) is 4.00. The van der Waals surface area contributed by atoms with Crippen LogP contribution in [0.3, 0.4) is 0 Å². The Morgan fingerprint density at radius 1 is 1.56 bits per heavy atom. The SMILES string of the molecule is CC(=O)O.NN=C(N)N. The van der Waals surface area contributed by atoms with E-state index in [2.05, 4.69) is 10.9 Å². The number of nitrogens with two attached hydrogens (primary N) is 3. The van der Waals surface area contributed by atoms with Gasteiger partial charge in [-0.3, -0.25) is 4.79 Å². The molecule has 54 valence electrons. The molecular weight excluding hydrogens is 124 g/mol. The average molecular weight is 134 g/mol. The number of guanidine groups is 1. The van der Waals surface area contributed by atoms with Crippen molar-refractivity contribution < 1.29 is 9.90 Å². The fourth-order valence-electron chi connectivity index (χ4n) is 0. The average Bonchev–Trinajstić information content (AvgIpc) is 1.65. The number of carboxylic acid groups (broad SMARTS) is 1. The van der Waals surface area contributed by atoms with Crippen molar-refractivity contribution in [2.45, 2.75) is 6.92 Å². The highest BCUT2D eigenvalue weighted by Crippen LogP contribution is 1.42. The third-order valence-corrected chi connectivity index (χ3v) is 0.149. The molecule has 0 radical (unpaired) electrons. The van der Waals surface area contributed by atoms with Crippen molar-refractivity contribution >= 4 is 11.9 Å². The quantitative estimate of drug-likeness (QED) is 0.135. The molecule has 6 nitrogen and oxygen atoms in total. The van der Waals surface area contributed by atoms with Crippen LogP contribution in [-0.4, -0.2) is 17.0 Å². The molecule has 0 aromatic carbocycles. The van der Waals surface area contributed by atoms with Crippen LogP contribution in [0.2, 0.25) is 0 Å². The molecular formula is C3H10N4O2. The molecule has 7 N–H and O–H groups in total. The summed E-state index contributed by atoms with van der Waals surface area (Å²) in [5.41, 5.74) is 9.39. The maximum absolute atomic E-state index is 9.00. The molecule has 0 amide bonds. The number of hydrogen-bond acceptors (Lipinski definition) is 3. The van der Waals surface area contributed by atoms with E-state index in [1.54, 1.807) is 0 Å². The van der Waals surface area contributed by atoms with Crippen LogP contribution in [0.25, 0.3) is 0 Å². The standard InChI is InChI=1S/C2H4O2.CH6N4/c1-2(3)4;2-1(3)5-4/h1H3,(H,3,4);4H2,(H4,2,3,5). The van der Waals surface area contributed by atoms with Gasteiger partial charge < -0.3 is 22.4 Å². The van der Waals surface area contributed by atoms with Gasteiger partial charge in [0.1, 0.15) is 0 Å². The minimum atomic E-state index is -0.833. The van der Waals surface area contributed by atoms with Gasteiger partial charge in [-0.05, 0) is 0 Å². The highest BCUT2D eigenvalue weighted by molar-refractivity contribution is 5.75.